The number of hydrogen-bond donors (Lipinski definition) is 0. The van der Waals surface area contributed by atoms with Crippen LogP contribution in [0.4, 0.5) is 0 Å². The zero-order valence-corrected chi connectivity index (χ0v) is 14.4. The number of ether oxygens (including phenoxy) is 2. The van der Waals surface area contributed by atoms with Gasteiger partial charge in [-0.2, -0.15) is 9.40 Å². The number of nitrogens with zero attached hydrogens (tertiary/aromatic N) is 3. The van der Waals surface area contributed by atoms with Crippen molar-refractivity contribution in [1.29, 1.82) is 0 Å². The molecule has 0 aliphatic carbocycles. The lowest BCUT2D eigenvalue weighted by atomic mass is 9.85. The Kier molecular flexibility index (Phi) is 5.05. The molecule has 2 aliphatic heterocycles. The van der Waals surface area contributed by atoms with Crippen LogP contribution in [-0.2, 0) is 26.0 Å². The van der Waals surface area contributed by atoms with E-state index in [-0.39, 0.29) is 17.3 Å². The molecule has 0 spiro atoms. The van der Waals surface area contributed by atoms with Crippen molar-refractivity contribution < 1.29 is 17.9 Å². The second-order valence-corrected chi connectivity index (χ2v) is 8.73. The van der Waals surface area contributed by atoms with Crippen molar-refractivity contribution in [3.05, 3.63) is 18.5 Å². The van der Waals surface area contributed by atoms with E-state index in [1.54, 1.807) is 15.2 Å². The minimum atomic E-state index is -3.29. The third kappa shape index (κ3) is 4.32. The van der Waals surface area contributed by atoms with E-state index < -0.39 is 10.0 Å². The van der Waals surface area contributed by atoms with Gasteiger partial charge in [0.1, 0.15) is 0 Å². The third-order valence-corrected chi connectivity index (χ3v) is 6.86. The van der Waals surface area contributed by atoms with Crippen LogP contribution >= 0.6 is 0 Å². The summed E-state index contributed by atoms with van der Waals surface area (Å²) in [6.07, 6.45) is 5.02. The highest BCUT2D eigenvalue weighted by Crippen LogP contribution is 2.32. The normalized spacial score (nSPS) is 26.2. The minimum absolute atomic E-state index is 0.152. The molecule has 1 aromatic rings. The Hall–Kier alpha value is -0.960. The summed E-state index contributed by atoms with van der Waals surface area (Å²) in [5.41, 5.74) is -0.188. The van der Waals surface area contributed by atoms with E-state index in [0.29, 0.717) is 39.5 Å². The fourth-order valence-electron chi connectivity index (χ4n) is 3.21. The first-order valence-corrected chi connectivity index (χ1v) is 9.72. The molecule has 0 bridgehead atoms. The highest BCUT2D eigenvalue weighted by molar-refractivity contribution is 7.89. The van der Waals surface area contributed by atoms with Gasteiger partial charge >= 0.3 is 0 Å². The molecule has 2 fully saturated rings. The maximum atomic E-state index is 12.8. The summed E-state index contributed by atoms with van der Waals surface area (Å²) < 4.78 is 40.1. The Morgan fingerprint density at radius 3 is 2.78 bits per heavy atom. The molecular formula is C15H25N3O4S. The molecule has 23 heavy (non-hydrogen) atoms. The van der Waals surface area contributed by atoms with Gasteiger partial charge in [0.05, 0.1) is 25.0 Å². The van der Waals surface area contributed by atoms with Crippen molar-refractivity contribution >= 4 is 10.0 Å². The first-order valence-electron chi connectivity index (χ1n) is 8.12. The van der Waals surface area contributed by atoms with Gasteiger partial charge < -0.3 is 9.47 Å². The first-order chi connectivity index (χ1) is 11.0. The standard InChI is InChI=1S/C15H25N3O4S/c1-15(3-8-21-9-4-15)13-23(19,20)18-7-10-22-14(12-18)11-17-6-2-5-16-17/h2,5-6,14H,3-4,7-13H2,1H3/t14-/m0/s1. The first kappa shape index (κ1) is 16.9. The van der Waals surface area contributed by atoms with E-state index >= 15 is 0 Å². The van der Waals surface area contributed by atoms with E-state index in [1.165, 1.54) is 0 Å². The summed E-state index contributed by atoms with van der Waals surface area (Å²) in [5.74, 6) is 0.192. The van der Waals surface area contributed by atoms with Crippen LogP contribution in [0.5, 0.6) is 0 Å². The predicted octanol–water partition coefficient (Wildman–Crippen LogP) is 0.730. The van der Waals surface area contributed by atoms with Crippen LogP contribution in [-0.4, -0.2) is 67.3 Å². The highest BCUT2D eigenvalue weighted by atomic mass is 32.2. The Morgan fingerprint density at radius 1 is 1.30 bits per heavy atom. The van der Waals surface area contributed by atoms with Crippen molar-refractivity contribution in [2.45, 2.75) is 32.4 Å². The Balaban J connectivity index is 1.62. The van der Waals surface area contributed by atoms with Crippen LogP contribution in [0.1, 0.15) is 19.8 Å². The van der Waals surface area contributed by atoms with Gasteiger partial charge in [0.25, 0.3) is 0 Å². The molecule has 0 radical (unpaired) electrons. The SMILES string of the molecule is CC1(CS(=O)(=O)N2CCO[C@@H](Cn3cccn3)C2)CCOCC1. The topological polar surface area (TPSA) is 73.7 Å². The Bertz CT molecular complexity index is 596. The van der Waals surface area contributed by atoms with Gasteiger partial charge in [-0.15, -0.1) is 0 Å². The Labute approximate surface area is 137 Å². The molecule has 0 amide bonds. The maximum Gasteiger partial charge on any atom is 0.214 e. The molecule has 1 aromatic heterocycles. The lowest BCUT2D eigenvalue weighted by Crippen LogP contribution is -2.49. The van der Waals surface area contributed by atoms with E-state index in [9.17, 15) is 8.42 Å². The van der Waals surface area contributed by atoms with Gasteiger partial charge in [-0.1, -0.05) is 6.92 Å². The summed E-state index contributed by atoms with van der Waals surface area (Å²) in [7, 11) is -3.29. The van der Waals surface area contributed by atoms with Crippen LogP contribution in [0.2, 0.25) is 0 Å². The van der Waals surface area contributed by atoms with Crippen LogP contribution < -0.4 is 0 Å². The van der Waals surface area contributed by atoms with Crippen LogP contribution in [0.25, 0.3) is 0 Å². The average Bonchev–Trinajstić information content (AvgIpc) is 3.00. The van der Waals surface area contributed by atoms with E-state index in [4.69, 9.17) is 9.47 Å². The number of hydrogen-bond acceptors (Lipinski definition) is 5. The third-order valence-electron chi connectivity index (χ3n) is 4.68. The summed E-state index contributed by atoms with van der Waals surface area (Å²) in [6.45, 7) is 5.19. The average molecular weight is 343 g/mol. The zero-order valence-electron chi connectivity index (χ0n) is 13.6. The summed E-state index contributed by atoms with van der Waals surface area (Å²) in [5, 5.41) is 4.16. The lowest BCUT2D eigenvalue weighted by molar-refractivity contribution is -0.0129. The van der Waals surface area contributed by atoms with Crippen LogP contribution in [0.3, 0.4) is 0 Å². The van der Waals surface area contributed by atoms with Crippen molar-refractivity contribution in [2.24, 2.45) is 5.41 Å². The van der Waals surface area contributed by atoms with Gasteiger partial charge in [-0.05, 0) is 24.3 Å². The number of rotatable bonds is 5. The Morgan fingerprint density at radius 2 is 2.09 bits per heavy atom. The molecule has 8 heteroatoms. The van der Waals surface area contributed by atoms with Crippen molar-refractivity contribution in [2.75, 3.05) is 38.7 Å². The quantitative estimate of drug-likeness (QED) is 0.788. The van der Waals surface area contributed by atoms with Crippen molar-refractivity contribution in [3.8, 4) is 0 Å². The second kappa shape index (κ2) is 6.88. The lowest BCUT2D eigenvalue weighted by Gasteiger charge is -2.37. The van der Waals surface area contributed by atoms with E-state index in [2.05, 4.69) is 12.0 Å². The molecule has 0 N–H and O–H groups in total. The van der Waals surface area contributed by atoms with Gasteiger partial charge in [-0.3, -0.25) is 4.68 Å². The number of sulfonamides is 1. The molecule has 0 saturated carbocycles. The smallest absolute Gasteiger partial charge is 0.214 e. The van der Waals surface area contributed by atoms with Gasteiger partial charge in [0.15, 0.2) is 0 Å². The van der Waals surface area contributed by atoms with Gasteiger partial charge in [0.2, 0.25) is 10.0 Å². The molecule has 3 rings (SSSR count). The zero-order chi connectivity index (χ0) is 16.3. The van der Waals surface area contributed by atoms with Crippen molar-refractivity contribution in [3.63, 3.8) is 0 Å². The monoisotopic (exact) mass is 343 g/mol. The fraction of sp³-hybridized carbons (Fsp3) is 0.800. The van der Waals surface area contributed by atoms with Crippen LogP contribution in [0, 0.1) is 5.41 Å². The molecule has 0 unspecified atom stereocenters. The molecular weight excluding hydrogens is 318 g/mol. The largest absolute Gasteiger partial charge is 0.381 e. The van der Waals surface area contributed by atoms with Gasteiger partial charge in [-0.25, -0.2) is 8.42 Å². The van der Waals surface area contributed by atoms with Gasteiger partial charge in [0, 0.05) is 38.7 Å². The molecule has 130 valence electrons. The highest BCUT2D eigenvalue weighted by Gasteiger charge is 2.37. The second-order valence-electron chi connectivity index (χ2n) is 6.76. The fourth-order valence-corrected chi connectivity index (χ4v) is 5.31. The van der Waals surface area contributed by atoms with Crippen molar-refractivity contribution in [1.82, 2.24) is 14.1 Å². The molecule has 7 nitrogen and oxygen atoms in total. The summed E-state index contributed by atoms with van der Waals surface area (Å²) in [6, 6.07) is 1.85. The molecule has 2 saturated heterocycles. The van der Waals surface area contributed by atoms with E-state index in [1.807, 2.05) is 12.3 Å². The summed E-state index contributed by atoms with van der Waals surface area (Å²) >= 11 is 0. The predicted molar refractivity (Wildman–Crippen MR) is 85.5 cm³/mol. The molecule has 0 aromatic carbocycles. The maximum absolute atomic E-state index is 12.8. The number of aromatic nitrogens is 2. The minimum Gasteiger partial charge on any atom is -0.381 e. The van der Waals surface area contributed by atoms with Crippen LogP contribution in [0.15, 0.2) is 18.5 Å². The molecule has 2 aliphatic rings. The number of morpholine rings is 1. The molecule has 1 atom stereocenters. The molecule has 3 heterocycles. The summed E-state index contributed by atoms with van der Waals surface area (Å²) in [4.78, 5) is 0. The van der Waals surface area contributed by atoms with E-state index in [0.717, 1.165) is 12.8 Å².